The molecule has 1 N–H and O–H groups in total. The number of aryl methyl sites for hydroxylation is 1. The zero-order valence-electron chi connectivity index (χ0n) is 8.55. The lowest BCUT2D eigenvalue weighted by Crippen LogP contribution is -2.19. The van der Waals surface area contributed by atoms with E-state index in [0.29, 0.717) is 12.0 Å². The number of hydrogen-bond donors (Lipinski definition) is 1. The summed E-state index contributed by atoms with van der Waals surface area (Å²) in [6.45, 7) is 4.40. The standard InChI is InChI=1S/C11H17NO/c1-4-8-6-9-10(13-8)5-7(2)11(9)12-3/h6-7,11-12H,4-5H2,1-3H3. The summed E-state index contributed by atoms with van der Waals surface area (Å²) in [7, 11) is 2.02. The van der Waals surface area contributed by atoms with E-state index < -0.39 is 0 Å². The first-order valence-electron chi connectivity index (χ1n) is 5.05. The van der Waals surface area contributed by atoms with Crippen molar-refractivity contribution in [3.8, 4) is 0 Å². The minimum atomic E-state index is 0.499. The highest BCUT2D eigenvalue weighted by Crippen LogP contribution is 2.37. The van der Waals surface area contributed by atoms with E-state index in [1.165, 1.54) is 11.3 Å². The zero-order chi connectivity index (χ0) is 9.42. The van der Waals surface area contributed by atoms with Gasteiger partial charge in [-0.25, -0.2) is 0 Å². The largest absolute Gasteiger partial charge is 0.466 e. The van der Waals surface area contributed by atoms with Gasteiger partial charge in [0.1, 0.15) is 11.5 Å². The van der Waals surface area contributed by atoms with Crippen molar-refractivity contribution in [3.05, 3.63) is 23.2 Å². The van der Waals surface area contributed by atoms with E-state index >= 15 is 0 Å². The monoisotopic (exact) mass is 179 g/mol. The molecule has 1 aromatic rings. The molecule has 2 rings (SSSR count). The van der Waals surface area contributed by atoms with Crippen molar-refractivity contribution in [2.24, 2.45) is 5.92 Å². The molecule has 1 aromatic heterocycles. The molecule has 1 heterocycles. The summed E-state index contributed by atoms with van der Waals surface area (Å²) < 4.78 is 5.74. The average molecular weight is 179 g/mol. The third kappa shape index (κ3) is 1.29. The quantitative estimate of drug-likeness (QED) is 0.753. The molecule has 0 saturated carbocycles. The molecule has 2 atom stereocenters. The predicted molar refractivity (Wildman–Crippen MR) is 52.8 cm³/mol. The Kier molecular flexibility index (Phi) is 2.16. The first-order chi connectivity index (χ1) is 6.26. The fraction of sp³-hybridized carbons (Fsp3) is 0.636. The van der Waals surface area contributed by atoms with Crippen LogP contribution in [0.25, 0.3) is 0 Å². The van der Waals surface area contributed by atoms with E-state index in [4.69, 9.17) is 4.42 Å². The van der Waals surface area contributed by atoms with Crippen LogP contribution < -0.4 is 5.32 Å². The number of nitrogens with one attached hydrogen (secondary N) is 1. The van der Waals surface area contributed by atoms with Crippen LogP contribution in [0.5, 0.6) is 0 Å². The number of furan rings is 1. The summed E-state index contributed by atoms with van der Waals surface area (Å²) in [5, 5.41) is 3.35. The summed E-state index contributed by atoms with van der Waals surface area (Å²) in [5.41, 5.74) is 1.38. The molecule has 0 fully saturated rings. The van der Waals surface area contributed by atoms with E-state index in [-0.39, 0.29) is 0 Å². The second-order valence-corrected chi connectivity index (χ2v) is 3.89. The fourth-order valence-electron chi connectivity index (χ4n) is 2.25. The maximum atomic E-state index is 5.74. The van der Waals surface area contributed by atoms with Gasteiger partial charge in [0, 0.05) is 24.4 Å². The molecule has 0 aliphatic heterocycles. The zero-order valence-corrected chi connectivity index (χ0v) is 8.55. The van der Waals surface area contributed by atoms with Crippen molar-refractivity contribution in [3.63, 3.8) is 0 Å². The number of rotatable bonds is 2. The molecule has 0 aromatic carbocycles. The molecule has 1 aliphatic carbocycles. The van der Waals surface area contributed by atoms with Gasteiger partial charge < -0.3 is 9.73 Å². The third-order valence-electron chi connectivity index (χ3n) is 2.96. The van der Waals surface area contributed by atoms with Crippen LogP contribution in [0.4, 0.5) is 0 Å². The van der Waals surface area contributed by atoms with E-state index in [9.17, 15) is 0 Å². The molecular formula is C11H17NO. The summed E-state index contributed by atoms with van der Waals surface area (Å²) in [6, 6.07) is 2.71. The topological polar surface area (TPSA) is 25.2 Å². The second-order valence-electron chi connectivity index (χ2n) is 3.89. The van der Waals surface area contributed by atoms with Gasteiger partial charge in [-0.3, -0.25) is 0 Å². The Hall–Kier alpha value is -0.760. The maximum Gasteiger partial charge on any atom is 0.109 e. The van der Waals surface area contributed by atoms with Gasteiger partial charge in [0.05, 0.1) is 0 Å². The Bertz CT molecular complexity index is 303. The minimum absolute atomic E-state index is 0.499. The van der Waals surface area contributed by atoms with Crippen LogP contribution in [0.15, 0.2) is 10.5 Å². The van der Waals surface area contributed by atoms with Crippen molar-refractivity contribution in [1.29, 1.82) is 0 Å². The molecule has 0 radical (unpaired) electrons. The molecule has 2 heteroatoms. The van der Waals surface area contributed by atoms with E-state index in [1.54, 1.807) is 0 Å². The molecule has 2 nitrogen and oxygen atoms in total. The van der Waals surface area contributed by atoms with Crippen LogP contribution in [0.1, 0.15) is 37.0 Å². The summed E-state index contributed by atoms with van der Waals surface area (Å²) >= 11 is 0. The van der Waals surface area contributed by atoms with E-state index in [1.807, 2.05) is 7.05 Å². The van der Waals surface area contributed by atoms with Crippen molar-refractivity contribution < 1.29 is 4.42 Å². The van der Waals surface area contributed by atoms with Crippen LogP contribution >= 0.6 is 0 Å². The third-order valence-corrected chi connectivity index (χ3v) is 2.96. The Morgan fingerprint density at radius 1 is 1.62 bits per heavy atom. The predicted octanol–water partition coefficient (Wildman–Crippen LogP) is 2.29. The Balaban J connectivity index is 2.33. The lowest BCUT2D eigenvalue weighted by Gasteiger charge is -2.13. The lowest BCUT2D eigenvalue weighted by atomic mass is 10.0. The number of fused-ring (bicyclic) bond motifs is 1. The van der Waals surface area contributed by atoms with Gasteiger partial charge in [-0.1, -0.05) is 13.8 Å². The highest BCUT2D eigenvalue weighted by atomic mass is 16.3. The van der Waals surface area contributed by atoms with Gasteiger partial charge in [-0.2, -0.15) is 0 Å². The summed E-state index contributed by atoms with van der Waals surface area (Å²) in [5.74, 6) is 2.99. The highest BCUT2D eigenvalue weighted by Gasteiger charge is 2.31. The first-order valence-corrected chi connectivity index (χ1v) is 5.05. The molecular weight excluding hydrogens is 162 g/mol. The Labute approximate surface area is 79.3 Å². The number of hydrogen-bond acceptors (Lipinski definition) is 2. The molecule has 1 aliphatic rings. The lowest BCUT2D eigenvalue weighted by molar-refractivity contribution is 0.415. The fourth-order valence-corrected chi connectivity index (χ4v) is 2.25. The molecule has 0 amide bonds. The van der Waals surface area contributed by atoms with Crippen molar-refractivity contribution in [2.75, 3.05) is 7.05 Å². The van der Waals surface area contributed by atoms with Crippen LogP contribution in [0.2, 0.25) is 0 Å². The Morgan fingerprint density at radius 2 is 2.38 bits per heavy atom. The summed E-state index contributed by atoms with van der Waals surface area (Å²) in [4.78, 5) is 0. The van der Waals surface area contributed by atoms with Crippen LogP contribution in [-0.4, -0.2) is 7.05 Å². The van der Waals surface area contributed by atoms with Crippen LogP contribution in [0.3, 0.4) is 0 Å². The van der Waals surface area contributed by atoms with Crippen LogP contribution in [-0.2, 0) is 12.8 Å². The van der Waals surface area contributed by atoms with Gasteiger partial charge in [-0.15, -0.1) is 0 Å². The van der Waals surface area contributed by atoms with Gasteiger partial charge in [0.15, 0.2) is 0 Å². The maximum absolute atomic E-state index is 5.74. The van der Waals surface area contributed by atoms with Crippen molar-refractivity contribution in [1.82, 2.24) is 5.32 Å². The van der Waals surface area contributed by atoms with Gasteiger partial charge in [0.2, 0.25) is 0 Å². The molecule has 13 heavy (non-hydrogen) atoms. The molecule has 2 unspecified atom stereocenters. The second kappa shape index (κ2) is 3.18. The normalized spacial score (nSPS) is 26.4. The van der Waals surface area contributed by atoms with E-state index in [0.717, 1.165) is 18.6 Å². The smallest absolute Gasteiger partial charge is 0.109 e. The SMILES string of the molecule is CCc1cc2c(o1)CC(C)C2NC. The highest BCUT2D eigenvalue weighted by molar-refractivity contribution is 5.31. The molecule has 72 valence electrons. The summed E-state index contributed by atoms with van der Waals surface area (Å²) in [6.07, 6.45) is 2.08. The van der Waals surface area contributed by atoms with Gasteiger partial charge >= 0.3 is 0 Å². The van der Waals surface area contributed by atoms with Gasteiger partial charge in [0.25, 0.3) is 0 Å². The van der Waals surface area contributed by atoms with Crippen molar-refractivity contribution in [2.45, 2.75) is 32.7 Å². The van der Waals surface area contributed by atoms with E-state index in [2.05, 4.69) is 25.2 Å². The van der Waals surface area contributed by atoms with Crippen LogP contribution in [0, 0.1) is 5.92 Å². The molecule has 0 bridgehead atoms. The average Bonchev–Trinajstić information content (AvgIpc) is 2.60. The molecule has 0 saturated heterocycles. The first kappa shape index (κ1) is 8.82. The van der Waals surface area contributed by atoms with Crippen molar-refractivity contribution >= 4 is 0 Å². The Morgan fingerprint density at radius 3 is 3.00 bits per heavy atom. The molecule has 0 spiro atoms. The minimum Gasteiger partial charge on any atom is -0.466 e. The van der Waals surface area contributed by atoms with Gasteiger partial charge in [-0.05, 0) is 19.0 Å².